The van der Waals surface area contributed by atoms with E-state index in [2.05, 4.69) is 14.7 Å². The van der Waals surface area contributed by atoms with Crippen molar-refractivity contribution in [2.75, 3.05) is 42.8 Å². The lowest BCUT2D eigenvalue weighted by Crippen LogP contribution is -2.35. The molecule has 9 nitrogen and oxygen atoms in total. The maximum absolute atomic E-state index is 12.6. The summed E-state index contributed by atoms with van der Waals surface area (Å²) in [7, 11) is -1.82. The lowest BCUT2D eigenvalue weighted by atomic mass is 10.2. The number of carbonyl (C=O) groups excluding carboxylic acids is 1. The maximum Gasteiger partial charge on any atom is 0.257 e. The number of nitrogens with zero attached hydrogens (tertiary/aromatic N) is 3. The Balaban J connectivity index is 1.45. The van der Waals surface area contributed by atoms with Crippen molar-refractivity contribution in [3.05, 3.63) is 42.1 Å². The molecular weight excluding hydrogens is 416 g/mol. The van der Waals surface area contributed by atoms with E-state index in [0.717, 1.165) is 10.6 Å². The molecular formula is C18H18N4O5S2. The number of hydrogen-bond acceptors (Lipinski definition) is 8. The number of amides is 1. The Labute approximate surface area is 172 Å². The fourth-order valence-corrected chi connectivity index (χ4v) is 5.14. The number of anilines is 2. The molecule has 0 fully saturated rings. The van der Waals surface area contributed by atoms with Gasteiger partial charge in [0.2, 0.25) is 5.88 Å². The van der Waals surface area contributed by atoms with Gasteiger partial charge >= 0.3 is 0 Å². The highest BCUT2D eigenvalue weighted by Gasteiger charge is 2.33. The van der Waals surface area contributed by atoms with Crippen LogP contribution in [0.25, 0.3) is 0 Å². The number of rotatable bonds is 6. The smallest absolute Gasteiger partial charge is 0.257 e. The van der Waals surface area contributed by atoms with Gasteiger partial charge in [0.25, 0.3) is 15.9 Å². The minimum atomic E-state index is -3.41. The third kappa shape index (κ3) is 4.36. The Hall–Kier alpha value is -2.63. The fraction of sp³-hybridized carbons (Fsp3) is 0.278. The standard InChI is InChI=1S/C18H18N4O5S2/c1-26-7-8-27-16-5-3-13(11-19-16)20-17(23)12-2-4-14-15(10-12)28-18-21-29(24,25)9-6-22(14)18/h2-5,10-11H,6-9H2,1H3,(H,20,23). The molecule has 0 bridgehead atoms. The van der Waals surface area contributed by atoms with Crippen LogP contribution in [0, 0.1) is 0 Å². The molecule has 152 valence electrons. The second-order valence-electron chi connectivity index (χ2n) is 6.28. The van der Waals surface area contributed by atoms with Gasteiger partial charge in [-0.2, -0.15) is 0 Å². The number of fused-ring (bicyclic) bond motifs is 3. The quantitative estimate of drug-likeness (QED) is 0.687. The Morgan fingerprint density at radius 2 is 2.14 bits per heavy atom. The lowest BCUT2D eigenvalue weighted by molar-refractivity contribution is 0.102. The van der Waals surface area contributed by atoms with Gasteiger partial charge in [-0.3, -0.25) is 4.79 Å². The normalized spacial score (nSPS) is 16.6. The Morgan fingerprint density at radius 1 is 1.28 bits per heavy atom. The van der Waals surface area contributed by atoms with E-state index in [9.17, 15) is 13.2 Å². The van der Waals surface area contributed by atoms with Crippen LogP contribution in [-0.2, 0) is 14.8 Å². The highest BCUT2D eigenvalue weighted by Crippen LogP contribution is 2.42. The molecule has 1 N–H and O–H groups in total. The second kappa shape index (κ2) is 8.01. The largest absolute Gasteiger partial charge is 0.475 e. The monoisotopic (exact) mass is 434 g/mol. The molecule has 0 aliphatic carbocycles. The van der Waals surface area contributed by atoms with Crippen LogP contribution < -0.4 is 15.0 Å². The number of benzene rings is 1. The molecule has 1 amide bonds. The van der Waals surface area contributed by atoms with Crippen LogP contribution in [0.3, 0.4) is 0 Å². The molecule has 0 saturated carbocycles. The van der Waals surface area contributed by atoms with Crippen molar-refractivity contribution in [2.45, 2.75) is 4.90 Å². The van der Waals surface area contributed by atoms with Gasteiger partial charge in [-0.05, 0) is 36.0 Å². The first kappa shape index (κ1) is 19.7. The molecule has 1 aromatic heterocycles. The maximum atomic E-state index is 12.6. The van der Waals surface area contributed by atoms with Crippen molar-refractivity contribution in [1.82, 2.24) is 4.98 Å². The number of carbonyl (C=O) groups is 1. The third-order valence-electron chi connectivity index (χ3n) is 4.27. The van der Waals surface area contributed by atoms with Gasteiger partial charge in [-0.1, -0.05) is 0 Å². The van der Waals surface area contributed by atoms with Crippen molar-refractivity contribution in [3.8, 4) is 5.88 Å². The molecule has 2 aromatic rings. The number of nitrogens with one attached hydrogen (secondary N) is 1. The predicted molar refractivity (Wildman–Crippen MR) is 110 cm³/mol. The zero-order valence-corrected chi connectivity index (χ0v) is 17.1. The Kier molecular flexibility index (Phi) is 5.43. The molecule has 11 heteroatoms. The van der Waals surface area contributed by atoms with Gasteiger partial charge in [0.1, 0.15) is 6.61 Å². The van der Waals surface area contributed by atoms with Crippen LogP contribution in [0.5, 0.6) is 5.88 Å². The molecule has 0 spiro atoms. The zero-order chi connectivity index (χ0) is 20.4. The summed E-state index contributed by atoms with van der Waals surface area (Å²) in [5, 5.41) is 3.22. The van der Waals surface area contributed by atoms with Crippen LogP contribution in [0.1, 0.15) is 10.4 Å². The molecule has 1 aromatic carbocycles. The van der Waals surface area contributed by atoms with E-state index >= 15 is 0 Å². The number of ether oxygens (including phenoxy) is 2. The summed E-state index contributed by atoms with van der Waals surface area (Å²) in [4.78, 5) is 19.4. The summed E-state index contributed by atoms with van der Waals surface area (Å²) in [6.45, 7) is 1.22. The number of thioether (sulfide) groups is 1. The van der Waals surface area contributed by atoms with Crippen molar-refractivity contribution < 1.29 is 22.7 Å². The lowest BCUT2D eigenvalue weighted by Gasteiger charge is -2.22. The number of aromatic nitrogens is 1. The minimum Gasteiger partial charge on any atom is -0.475 e. The molecule has 0 atom stereocenters. The summed E-state index contributed by atoms with van der Waals surface area (Å²) in [5.74, 6) is 0.140. The van der Waals surface area contributed by atoms with Crippen molar-refractivity contribution in [2.24, 2.45) is 4.40 Å². The molecule has 2 aliphatic rings. The molecule has 0 saturated heterocycles. The topological polar surface area (TPSA) is 110 Å². The van der Waals surface area contributed by atoms with Crippen LogP contribution >= 0.6 is 11.8 Å². The highest BCUT2D eigenvalue weighted by molar-refractivity contribution is 8.15. The van der Waals surface area contributed by atoms with E-state index in [-0.39, 0.29) is 11.7 Å². The summed E-state index contributed by atoms with van der Waals surface area (Å²) < 4.78 is 37.5. The second-order valence-corrected chi connectivity index (χ2v) is 9.04. The molecule has 3 heterocycles. The number of amidine groups is 1. The van der Waals surface area contributed by atoms with E-state index in [1.165, 1.54) is 18.0 Å². The average Bonchev–Trinajstić information content (AvgIpc) is 3.04. The van der Waals surface area contributed by atoms with Gasteiger partial charge in [0, 0.05) is 30.2 Å². The number of sulfonamides is 1. The van der Waals surface area contributed by atoms with E-state index < -0.39 is 10.0 Å². The molecule has 2 aliphatic heterocycles. The average molecular weight is 434 g/mol. The molecule has 0 radical (unpaired) electrons. The van der Waals surface area contributed by atoms with E-state index in [0.29, 0.717) is 42.1 Å². The molecule has 0 unspecified atom stereocenters. The van der Waals surface area contributed by atoms with Crippen LogP contribution in [0.2, 0.25) is 0 Å². The Morgan fingerprint density at radius 3 is 2.90 bits per heavy atom. The Bertz CT molecular complexity index is 1070. The first-order valence-electron chi connectivity index (χ1n) is 8.76. The van der Waals surface area contributed by atoms with Crippen LogP contribution in [0.15, 0.2) is 45.8 Å². The van der Waals surface area contributed by atoms with Gasteiger partial charge in [0.05, 0.1) is 29.9 Å². The SMILES string of the molecule is COCCOc1ccc(NC(=O)c2ccc3c(c2)SC2=NS(=O)(=O)CCN23)cn1. The van der Waals surface area contributed by atoms with E-state index in [1.54, 1.807) is 31.4 Å². The number of methoxy groups -OCH3 is 1. The first-order chi connectivity index (χ1) is 13.9. The van der Waals surface area contributed by atoms with Gasteiger partial charge in [-0.15, -0.1) is 4.40 Å². The summed E-state index contributed by atoms with van der Waals surface area (Å²) in [6.07, 6.45) is 1.52. The van der Waals surface area contributed by atoms with Gasteiger partial charge in [-0.25, -0.2) is 13.4 Å². The fourth-order valence-electron chi connectivity index (χ4n) is 2.84. The predicted octanol–water partition coefficient (Wildman–Crippen LogP) is 1.97. The highest BCUT2D eigenvalue weighted by atomic mass is 32.2. The van der Waals surface area contributed by atoms with Crippen molar-refractivity contribution in [1.29, 1.82) is 0 Å². The van der Waals surface area contributed by atoms with E-state index in [4.69, 9.17) is 9.47 Å². The van der Waals surface area contributed by atoms with E-state index in [1.807, 2.05) is 11.0 Å². The summed E-state index contributed by atoms with van der Waals surface area (Å²) in [6, 6.07) is 8.62. The van der Waals surface area contributed by atoms with Crippen molar-refractivity contribution >= 4 is 44.2 Å². The van der Waals surface area contributed by atoms with Crippen LogP contribution in [0.4, 0.5) is 11.4 Å². The minimum absolute atomic E-state index is 0.0169. The number of hydrogen-bond donors (Lipinski definition) is 1. The molecule has 29 heavy (non-hydrogen) atoms. The van der Waals surface area contributed by atoms with Gasteiger partial charge < -0.3 is 19.7 Å². The summed E-state index contributed by atoms with van der Waals surface area (Å²) in [5.41, 5.74) is 1.86. The first-order valence-corrected chi connectivity index (χ1v) is 11.2. The van der Waals surface area contributed by atoms with Gasteiger partial charge in [0.15, 0.2) is 5.17 Å². The van der Waals surface area contributed by atoms with Crippen LogP contribution in [-0.4, -0.2) is 57.1 Å². The van der Waals surface area contributed by atoms with Crippen molar-refractivity contribution in [3.63, 3.8) is 0 Å². The number of pyridine rings is 1. The zero-order valence-electron chi connectivity index (χ0n) is 15.5. The summed E-state index contributed by atoms with van der Waals surface area (Å²) >= 11 is 1.25. The third-order valence-corrected chi connectivity index (χ3v) is 6.57. The molecule has 4 rings (SSSR count).